The van der Waals surface area contributed by atoms with Crippen molar-refractivity contribution in [2.45, 2.75) is 13.5 Å². The number of ether oxygens (including phenoxy) is 4. The SMILES string of the molecule is COc1ccc(COc2ccc3c(c2C)O/C(=C/c2cn(C)c4ccc(OC)cc24)C3=O)cc1. The van der Waals surface area contributed by atoms with Gasteiger partial charge in [-0.15, -0.1) is 0 Å². The van der Waals surface area contributed by atoms with Crippen LogP contribution < -0.4 is 18.9 Å². The van der Waals surface area contributed by atoms with E-state index < -0.39 is 0 Å². The van der Waals surface area contributed by atoms with E-state index in [-0.39, 0.29) is 5.78 Å². The highest BCUT2D eigenvalue weighted by Gasteiger charge is 2.30. The Morgan fingerprint density at radius 1 is 0.971 bits per heavy atom. The summed E-state index contributed by atoms with van der Waals surface area (Å²) in [5.41, 5.74) is 4.28. The summed E-state index contributed by atoms with van der Waals surface area (Å²) in [7, 11) is 5.25. The maximum Gasteiger partial charge on any atom is 0.231 e. The molecule has 34 heavy (non-hydrogen) atoms. The molecule has 6 nitrogen and oxygen atoms in total. The van der Waals surface area contributed by atoms with Crippen molar-refractivity contribution < 1.29 is 23.7 Å². The Bertz CT molecular complexity index is 1430. The minimum absolute atomic E-state index is 0.139. The van der Waals surface area contributed by atoms with Crippen molar-refractivity contribution in [3.8, 4) is 23.0 Å². The molecule has 4 aromatic rings. The molecule has 0 fully saturated rings. The number of ketones is 1. The van der Waals surface area contributed by atoms with Gasteiger partial charge in [0.25, 0.3) is 0 Å². The lowest BCUT2D eigenvalue weighted by molar-refractivity contribution is 0.101. The summed E-state index contributed by atoms with van der Waals surface area (Å²) < 4.78 is 24.7. The molecule has 0 spiro atoms. The lowest BCUT2D eigenvalue weighted by atomic mass is 10.1. The number of aromatic nitrogens is 1. The zero-order chi connectivity index (χ0) is 23.8. The Morgan fingerprint density at radius 2 is 1.71 bits per heavy atom. The van der Waals surface area contributed by atoms with Crippen LogP contribution in [0.25, 0.3) is 17.0 Å². The van der Waals surface area contributed by atoms with Gasteiger partial charge in [0.1, 0.15) is 29.6 Å². The number of carbonyl (C=O) groups excluding carboxylic acids is 1. The smallest absolute Gasteiger partial charge is 0.231 e. The number of benzene rings is 3. The number of aryl methyl sites for hydroxylation is 1. The molecule has 0 aliphatic carbocycles. The van der Waals surface area contributed by atoms with Crippen molar-refractivity contribution in [1.29, 1.82) is 0 Å². The molecule has 5 rings (SSSR count). The largest absolute Gasteiger partial charge is 0.497 e. The molecule has 0 radical (unpaired) electrons. The fourth-order valence-electron chi connectivity index (χ4n) is 4.19. The van der Waals surface area contributed by atoms with Crippen molar-refractivity contribution in [1.82, 2.24) is 4.57 Å². The summed E-state index contributed by atoms with van der Waals surface area (Å²) in [6, 6.07) is 17.2. The third-order valence-corrected chi connectivity index (χ3v) is 6.10. The predicted octanol–water partition coefficient (Wildman–Crippen LogP) is 5.70. The monoisotopic (exact) mass is 455 g/mol. The lowest BCUT2D eigenvalue weighted by Gasteiger charge is -2.12. The van der Waals surface area contributed by atoms with Crippen LogP contribution in [0.15, 0.2) is 66.6 Å². The highest BCUT2D eigenvalue weighted by atomic mass is 16.5. The number of rotatable bonds is 6. The minimum atomic E-state index is -0.139. The van der Waals surface area contributed by atoms with Gasteiger partial charge in [0.15, 0.2) is 5.76 Å². The number of methoxy groups -OCH3 is 2. The van der Waals surface area contributed by atoms with Gasteiger partial charge in [-0.25, -0.2) is 0 Å². The Labute approximate surface area is 197 Å². The van der Waals surface area contributed by atoms with Gasteiger partial charge in [0.05, 0.1) is 19.8 Å². The average Bonchev–Trinajstić information content (AvgIpc) is 3.35. The van der Waals surface area contributed by atoms with Gasteiger partial charge in [0, 0.05) is 35.3 Å². The molecule has 0 N–H and O–H groups in total. The van der Waals surface area contributed by atoms with Gasteiger partial charge < -0.3 is 23.5 Å². The van der Waals surface area contributed by atoms with E-state index in [9.17, 15) is 4.79 Å². The van der Waals surface area contributed by atoms with Crippen molar-refractivity contribution in [2.75, 3.05) is 14.2 Å². The number of allylic oxidation sites excluding steroid dienone is 1. The first kappa shape index (κ1) is 21.6. The molecule has 0 amide bonds. The second-order valence-corrected chi connectivity index (χ2v) is 8.22. The Hall–Kier alpha value is -4.19. The van der Waals surface area contributed by atoms with Crippen LogP contribution in [0.2, 0.25) is 0 Å². The Balaban J connectivity index is 1.42. The van der Waals surface area contributed by atoms with Crippen molar-refractivity contribution in [3.63, 3.8) is 0 Å². The van der Waals surface area contributed by atoms with Crippen LogP contribution >= 0.6 is 0 Å². The van der Waals surface area contributed by atoms with E-state index in [4.69, 9.17) is 18.9 Å². The summed E-state index contributed by atoms with van der Waals surface area (Å²) >= 11 is 0. The van der Waals surface area contributed by atoms with Gasteiger partial charge >= 0.3 is 0 Å². The van der Waals surface area contributed by atoms with Gasteiger partial charge in [-0.1, -0.05) is 12.1 Å². The van der Waals surface area contributed by atoms with Crippen molar-refractivity contribution in [2.24, 2.45) is 7.05 Å². The summed E-state index contributed by atoms with van der Waals surface area (Å²) in [4.78, 5) is 13.1. The number of Topliss-reactive ketones (excluding diaryl/α,β-unsaturated/α-hetero) is 1. The van der Waals surface area contributed by atoms with E-state index in [0.29, 0.717) is 29.4 Å². The van der Waals surface area contributed by atoms with Crippen LogP contribution in [0, 0.1) is 6.92 Å². The van der Waals surface area contributed by atoms with Gasteiger partial charge in [-0.05, 0) is 61.0 Å². The van der Waals surface area contributed by atoms with Gasteiger partial charge in [0.2, 0.25) is 5.78 Å². The first-order valence-electron chi connectivity index (χ1n) is 10.9. The topological polar surface area (TPSA) is 58.9 Å². The second kappa shape index (κ2) is 8.63. The molecule has 0 unspecified atom stereocenters. The van der Waals surface area contributed by atoms with Gasteiger partial charge in [-0.3, -0.25) is 4.79 Å². The van der Waals surface area contributed by atoms with Crippen LogP contribution in [0.4, 0.5) is 0 Å². The molecule has 1 aromatic heterocycles. The summed E-state index contributed by atoms with van der Waals surface area (Å²) in [5, 5.41) is 0.988. The molecule has 1 aliphatic rings. The molecule has 1 aliphatic heterocycles. The molecule has 0 saturated heterocycles. The fourth-order valence-corrected chi connectivity index (χ4v) is 4.19. The normalized spacial score (nSPS) is 13.8. The molecule has 6 heteroatoms. The van der Waals surface area contributed by atoms with Crippen LogP contribution in [-0.2, 0) is 13.7 Å². The third-order valence-electron chi connectivity index (χ3n) is 6.10. The number of nitrogens with zero attached hydrogens (tertiary/aromatic N) is 1. The third kappa shape index (κ3) is 3.77. The molecular formula is C28H25NO5. The summed E-state index contributed by atoms with van der Waals surface area (Å²) in [5.74, 6) is 2.93. The first-order chi connectivity index (χ1) is 16.5. The number of fused-ring (bicyclic) bond motifs is 2. The molecule has 0 saturated carbocycles. The number of hydrogen-bond donors (Lipinski definition) is 0. The molecule has 3 aromatic carbocycles. The minimum Gasteiger partial charge on any atom is -0.497 e. The summed E-state index contributed by atoms with van der Waals surface area (Å²) in [6.07, 6.45) is 3.77. The maximum absolute atomic E-state index is 13.1. The van der Waals surface area contributed by atoms with Crippen molar-refractivity contribution in [3.05, 3.63) is 88.8 Å². The highest BCUT2D eigenvalue weighted by molar-refractivity contribution is 6.15. The van der Waals surface area contributed by atoms with Crippen LogP contribution in [-0.4, -0.2) is 24.6 Å². The Kier molecular flexibility index (Phi) is 5.49. The van der Waals surface area contributed by atoms with E-state index in [0.717, 1.165) is 39.1 Å². The number of hydrogen-bond acceptors (Lipinski definition) is 5. The van der Waals surface area contributed by atoms with E-state index in [1.807, 2.05) is 73.3 Å². The zero-order valence-corrected chi connectivity index (χ0v) is 19.5. The predicted molar refractivity (Wildman–Crippen MR) is 131 cm³/mol. The summed E-state index contributed by atoms with van der Waals surface area (Å²) in [6.45, 7) is 2.30. The first-order valence-corrected chi connectivity index (χ1v) is 10.9. The Morgan fingerprint density at radius 3 is 2.44 bits per heavy atom. The molecule has 172 valence electrons. The van der Waals surface area contributed by atoms with E-state index in [1.165, 1.54) is 0 Å². The van der Waals surface area contributed by atoms with Crippen molar-refractivity contribution >= 4 is 22.8 Å². The fraction of sp³-hybridized carbons (Fsp3) is 0.179. The van der Waals surface area contributed by atoms with Crippen LogP contribution in [0.3, 0.4) is 0 Å². The maximum atomic E-state index is 13.1. The van der Waals surface area contributed by atoms with Crippen LogP contribution in [0.5, 0.6) is 23.0 Å². The molecule has 2 heterocycles. The number of carbonyl (C=O) groups is 1. The molecular weight excluding hydrogens is 430 g/mol. The quantitative estimate of drug-likeness (QED) is 0.349. The second-order valence-electron chi connectivity index (χ2n) is 8.22. The standard InChI is InChI=1S/C28H25NO5/c1-17-25(33-16-18-5-7-20(31-3)8-6-18)12-10-22-27(30)26(34-28(17)22)13-19-15-29(2)24-11-9-21(32-4)14-23(19)24/h5-15H,16H2,1-4H3/b26-13+. The lowest BCUT2D eigenvalue weighted by Crippen LogP contribution is -1.98. The van der Waals surface area contributed by atoms with Crippen LogP contribution in [0.1, 0.15) is 27.0 Å². The molecule has 0 atom stereocenters. The zero-order valence-electron chi connectivity index (χ0n) is 19.5. The van der Waals surface area contributed by atoms with E-state index >= 15 is 0 Å². The molecule has 0 bridgehead atoms. The average molecular weight is 456 g/mol. The van der Waals surface area contributed by atoms with Gasteiger partial charge in [-0.2, -0.15) is 0 Å². The van der Waals surface area contributed by atoms with E-state index in [2.05, 4.69) is 0 Å². The highest BCUT2D eigenvalue weighted by Crippen LogP contribution is 2.40. The van der Waals surface area contributed by atoms with E-state index in [1.54, 1.807) is 26.4 Å².